The van der Waals surface area contributed by atoms with Gasteiger partial charge in [-0.15, -0.1) is 0 Å². The van der Waals surface area contributed by atoms with Gasteiger partial charge in [0.2, 0.25) is 0 Å². The molecule has 1 aromatic heterocycles. The van der Waals surface area contributed by atoms with Gasteiger partial charge in [-0.1, -0.05) is 13.8 Å². The summed E-state index contributed by atoms with van der Waals surface area (Å²) in [5.41, 5.74) is 2.59. The van der Waals surface area contributed by atoms with Gasteiger partial charge in [-0.3, -0.25) is 0 Å². The van der Waals surface area contributed by atoms with Crippen molar-refractivity contribution < 1.29 is 0 Å². The average Bonchev–Trinajstić information content (AvgIpc) is 2.92. The molecule has 2 heterocycles. The van der Waals surface area contributed by atoms with E-state index in [0.29, 0.717) is 11.7 Å². The van der Waals surface area contributed by atoms with E-state index in [0.717, 1.165) is 31.2 Å². The molecule has 0 amide bonds. The maximum absolute atomic E-state index is 5.42. The fourth-order valence-corrected chi connectivity index (χ4v) is 2.44. The van der Waals surface area contributed by atoms with E-state index in [4.69, 9.17) is 5.84 Å². The molecule has 0 spiro atoms. The Morgan fingerprint density at radius 1 is 1.37 bits per heavy atom. The summed E-state index contributed by atoms with van der Waals surface area (Å²) in [6.45, 7) is 8.74. The molecule has 1 aromatic rings. The van der Waals surface area contributed by atoms with Gasteiger partial charge >= 0.3 is 0 Å². The SMILES string of the molecule is CCc1nc(NN)cc(NCC2CCN(CC)C2)n1. The number of likely N-dealkylation sites (tertiary alicyclic amines) is 1. The van der Waals surface area contributed by atoms with Crippen molar-refractivity contribution in [2.45, 2.75) is 26.7 Å². The molecule has 2 rings (SSSR count). The second-order valence-corrected chi connectivity index (χ2v) is 4.98. The second kappa shape index (κ2) is 6.68. The van der Waals surface area contributed by atoms with Crippen LogP contribution < -0.4 is 16.6 Å². The van der Waals surface area contributed by atoms with Crippen molar-refractivity contribution in [2.24, 2.45) is 11.8 Å². The van der Waals surface area contributed by atoms with Crippen LogP contribution in [-0.2, 0) is 6.42 Å². The van der Waals surface area contributed by atoms with Crippen LogP contribution in [0.25, 0.3) is 0 Å². The highest BCUT2D eigenvalue weighted by Crippen LogP contribution is 2.17. The lowest BCUT2D eigenvalue weighted by molar-refractivity contribution is 0.345. The van der Waals surface area contributed by atoms with Crippen LogP contribution in [0.2, 0.25) is 0 Å². The molecule has 6 nitrogen and oxygen atoms in total. The summed E-state index contributed by atoms with van der Waals surface area (Å²) in [7, 11) is 0. The van der Waals surface area contributed by atoms with Crippen molar-refractivity contribution in [3.63, 3.8) is 0 Å². The first-order valence-corrected chi connectivity index (χ1v) is 7.06. The van der Waals surface area contributed by atoms with E-state index in [9.17, 15) is 0 Å². The Bertz CT molecular complexity index is 386. The summed E-state index contributed by atoms with van der Waals surface area (Å²) in [5, 5.41) is 3.41. The number of anilines is 2. The van der Waals surface area contributed by atoms with Crippen molar-refractivity contribution in [3.8, 4) is 0 Å². The number of nitrogens with one attached hydrogen (secondary N) is 2. The fourth-order valence-electron chi connectivity index (χ4n) is 2.44. The van der Waals surface area contributed by atoms with E-state index >= 15 is 0 Å². The summed E-state index contributed by atoms with van der Waals surface area (Å²) in [5.74, 6) is 8.45. The van der Waals surface area contributed by atoms with E-state index in [1.165, 1.54) is 19.5 Å². The molecule has 0 radical (unpaired) electrons. The van der Waals surface area contributed by atoms with E-state index in [2.05, 4.69) is 32.5 Å². The van der Waals surface area contributed by atoms with E-state index in [-0.39, 0.29) is 0 Å². The van der Waals surface area contributed by atoms with Gasteiger partial charge in [0.15, 0.2) is 0 Å². The Hall–Kier alpha value is -1.40. The van der Waals surface area contributed by atoms with Gasteiger partial charge in [0.05, 0.1) is 0 Å². The van der Waals surface area contributed by atoms with Crippen LogP contribution in [-0.4, -0.2) is 41.0 Å². The number of hydrogen-bond donors (Lipinski definition) is 3. The molecule has 0 aliphatic carbocycles. The van der Waals surface area contributed by atoms with Crippen molar-refractivity contribution in [1.29, 1.82) is 0 Å². The monoisotopic (exact) mass is 264 g/mol. The zero-order valence-corrected chi connectivity index (χ0v) is 11.8. The lowest BCUT2D eigenvalue weighted by atomic mass is 10.1. The second-order valence-electron chi connectivity index (χ2n) is 4.98. The number of hydrazine groups is 1. The zero-order valence-electron chi connectivity index (χ0n) is 11.8. The van der Waals surface area contributed by atoms with Gasteiger partial charge < -0.3 is 15.6 Å². The smallest absolute Gasteiger partial charge is 0.145 e. The quantitative estimate of drug-likeness (QED) is 0.527. The third kappa shape index (κ3) is 3.78. The number of nitrogens with zero attached hydrogens (tertiary/aromatic N) is 3. The predicted molar refractivity (Wildman–Crippen MR) is 77.9 cm³/mol. The molecule has 1 fully saturated rings. The number of hydrogen-bond acceptors (Lipinski definition) is 6. The van der Waals surface area contributed by atoms with Crippen LogP contribution in [0, 0.1) is 5.92 Å². The standard InChI is InChI=1S/C13H24N6/c1-3-11-16-12(7-13(17-11)18-14)15-8-10-5-6-19(4-2)9-10/h7,10H,3-6,8-9,14H2,1-2H3,(H2,15,16,17,18). The normalized spacial score (nSPS) is 19.6. The predicted octanol–water partition coefficient (Wildman–Crippen LogP) is 1.08. The van der Waals surface area contributed by atoms with Crippen LogP contribution in [0.1, 0.15) is 26.1 Å². The Kier molecular flexibility index (Phi) is 4.93. The fraction of sp³-hybridized carbons (Fsp3) is 0.692. The average molecular weight is 264 g/mol. The number of nitrogen functional groups attached to an aromatic ring is 1. The number of nitrogens with two attached hydrogens (primary N) is 1. The first-order chi connectivity index (χ1) is 9.25. The third-order valence-electron chi connectivity index (χ3n) is 3.63. The summed E-state index contributed by atoms with van der Waals surface area (Å²) in [4.78, 5) is 11.2. The van der Waals surface area contributed by atoms with Gasteiger partial charge in [0, 0.05) is 25.6 Å². The van der Waals surface area contributed by atoms with E-state index < -0.39 is 0 Å². The Labute approximate surface area is 114 Å². The molecule has 0 bridgehead atoms. The van der Waals surface area contributed by atoms with Crippen molar-refractivity contribution in [1.82, 2.24) is 14.9 Å². The molecule has 1 aliphatic rings. The molecule has 1 saturated heterocycles. The molecule has 19 heavy (non-hydrogen) atoms. The first kappa shape index (κ1) is 14.0. The molecular formula is C13H24N6. The van der Waals surface area contributed by atoms with Crippen LogP contribution in [0.3, 0.4) is 0 Å². The summed E-state index contributed by atoms with van der Waals surface area (Å²) >= 11 is 0. The summed E-state index contributed by atoms with van der Waals surface area (Å²) < 4.78 is 0. The lowest BCUT2D eigenvalue weighted by Crippen LogP contribution is -2.23. The molecule has 0 aromatic carbocycles. The van der Waals surface area contributed by atoms with Crippen LogP contribution in [0.4, 0.5) is 11.6 Å². The molecular weight excluding hydrogens is 240 g/mol. The van der Waals surface area contributed by atoms with Crippen LogP contribution in [0.5, 0.6) is 0 Å². The minimum Gasteiger partial charge on any atom is -0.370 e. The van der Waals surface area contributed by atoms with Crippen molar-refractivity contribution >= 4 is 11.6 Å². The highest BCUT2D eigenvalue weighted by atomic mass is 15.3. The number of aromatic nitrogens is 2. The van der Waals surface area contributed by atoms with Gasteiger partial charge in [-0.25, -0.2) is 15.8 Å². The Balaban J connectivity index is 1.92. The third-order valence-corrected chi connectivity index (χ3v) is 3.63. The van der Waals surface area contributed by atoms with Crippen molar-refractivity contribution in [3.05, 3.63) is 11.9 Å². The van der Waals surface area contributed by atoms with E-state index in [1.54, 1.807) is 0 Å². The Morgan fingerprint density at radius 2 is 2.16 bits per heavy atom. The van der Waals surface area contributed by atoms with Gasteiger partial charge in [-0.05, 0) is 25.4 Å². The lowest BCUT2D eigenvalue weighted by Gasteiger charge is -2.14. The largest absolute Gasteiger partial charge is 0.370 e. The molecule has 1 unspecified atom stereocenters. The first-order valence-electron chi connectivity index (χ1n) is 7.06. The van der Waals surface area contributed by atoms with Gasteiger partial charge in [0.1, 0.15) is 17.5 Å². The molecule has 0 saturated carbocycles. The van der Waals surface area contributed by atoms with Crippen molar-refractivity contribution in [2.75, 3.05) is 36.9 Å². The van der Waals surface area contributed by atoms with E-state index in [1.807, 2.05) is 13.0 Å². The Morgan fingerprint density at radius 3 is 2.79 bits per heavy atom. The highest BCUT2D eigenvalue weighted by molar-refractivity contribution is 5.46. The summed E-state index contributed by atoms with van der Waals surface area (Å²) in [6.07, 6.45) is 2.06. The molecule has 1 atom stereocenters. The molecule has 1 aliphatic heterocycles. The topological polar surface area (TPSA) is 79.1 Å². The minimum absolute atomic E-state index is 0.663. The zero-order chi connectivity index (χ0) is 13.7. The van der Waals surface area contributed by atoms with Crippen LogP contribution in [0.15, 0.2) is 6.07 Å². The minimum atomic E-state index is 0.663. The molecule has 4 N–H and O–H groups in total. The van der Waals surface area contributed by atoms with Crippen LogP contribution >= 0.6 is 0 Å². The van der Waals surface area contributed by atoms with Gasteiger partial charge in [0.25, 0.3) is 0 Å². The summed E-state index contributed by atoms with van der Waals surface area (Å²) in [6, 6.07) is 1.85. The maximum Gasteiger partial charge on any atom is 0.145 e. The number of aryl methyl sites for hydroxylation is 1. The number of rotatable bonds is 6. The molecule has 106 valence electrons. The maximum atomic E-state index is 5.42. The molecule has 6 heteroatoms. The highest BCUT2D eigenvalue weighted by Gasteiger charge is 2.20. The van der Waals surface area contributed by atoms with Gasteiger partial charge in [-0.2, -0.15) is 0 Å².